The highest BCUT2D eigenvalue weighted by Gasteiger charge is 2.35. The SMILES string of the molecule is CCC(O)c1cccc(S(=O)(=O)N2CCC(C(N)=O)C2)c1. The van der Waals surface area contributed by atoms with Gasteiger partial charge in [0.2, 0.25) is 15.9 Å². The number of primary amides is 1. The highest BCUT2D eigenvalue weighted by Crippen LogP contribution is 2.26. The Morgan fingerprint density at radius 1 is 1.52 bits per heavy atom. The average molecular weight is 312 g/mol. The minimum Gasteiger partial charge on any atom is -0.388 e. The third-order valence-corrected chi connectivity index (χ3v) is 5.68. The van der Waals surface area contributed by atoms with E-state index in [4.69, 9.17) is 5.73 Å². The van der Waals surface area contributed by atoms with E-state index in [1.54, 1.807) is 12.1 Å². The van der Waals surface area contributed by atoms with E-state index in [0.29, 0.717) is 18.4 Å². The molecule has 0 aliphatic carbocycles. The van der Waals surface area contributed by atoms with Crippen LogP contribution in [0.2, 0.25) is 0 Å². The molecule has 21 heavy (non-hydrogen) atoms. The smallest absolute Gasteiger partial charge is 0.243 e. The van der Waals surface area contributed by atoms with Crippen molar-refractivity contribution < 1.29 is 18.3 Å². The summed E-state index contributed by atoms with van der Waals surface area (Å²) < 4.78 is 26.4. The van der Waals surface area contributed by atoms with E-state index >= 15 is 0 Å². The molecular weight excluding hydrogens is 292 g/mol. The van der Waals surface area contributed by atoms with Crippen LogP contribution in [-0.2, 0) is 14.8 Å². The number of benzene rings is 1. The quantitative estimate of drug-likeness (QED) is 0.832. The molecule has 0 bridgehead atoms. The minimum atomic E-state index is -3.65. The van der Waals surface area contributed by atoms with Crippen molar-refractivity contribution >= 4 is 15.9 Å². The van der Waals surface area contributed by atoms with Gasteiger partial charge in [0.25, 0.3) is 0 Å². The summed E-state index contributed by atoms with van der Waals surface area (Å²) in [5, 5.41) is 9.83. The summed E-state index contributed by atoms with van der Waals surface area (Å²) in [5.74, 6) is -0.896. The van der Waals surface area contributed by atoms with E-state index in [1.165, 1.54) is 16.4 Å². The van der Waals surface area contributed by atoms with Crippen LogP contribution in [0.1, 0.15) is 31.4 Å². The summed E-state index contributed by atoms with van der Waals surface area (Å²) in [6.45, 7) is 2.23. The number of nitrogens with two attached hydrogens (primary N) is 1. The van der Waals surface area contributed by atoms with Crippen LogP contribution >= 0.6 is 0 Å². The number of sulfonamides is 1. The largest absolute Gasteiger partial charge is 0.388 e. The standard InChI is InChI=1S/C14H20N2O4S/c1-2-13(17)10-4-3-5-12(8-10)21(19,20)16-7-6-11(9-16)14(15)18/h3-5,8,11,13,17H,2,6-7,9H2,1H3,(H2,15,18). The molecule has 1 heterocycles. The van der Waals surface area contributed by atoms with Crippen molar-refractivity contribution in [1.82, 2.24) is 4.31 Å². The van der Waals surface area contributed by atoms with Crippen LogP contribution in [0.3, 0.4) is 0 Å². The molecule has 0 radical (unpaired) electrons. The molecule has 2 atom stereocenters. The molecule has 6 nitrogen and oxygen atoms in total. The van der Waals surface area contributed by atoms with Crippen molar-refractivity contribution in [3.8, 4) is 0 Å². The zero-order chi connectivity index (χ0) is 15.6. The summed E-state index contributed by atoms with van der Waals surface area (Å²) in [4.78, 5) is 11.3. The monoisotopic (exact) mass is 312 g/mol. The number of aliphatic hydroxyl groups excluding tert-OH is 1. The van der Waals surface area contributed by atoms with Gasteiger partial charge >= 0.3 is 0 Å². The Bertz CT molecular complexity index is 630. The molecule has 0 spiro atoms. The van der Waals surface area contributed by atoms with Crippen LogP contribution in [0.25, 0.3) is 0 Å². The number of hydrogen-bond acceptors (Lipinski definition) is 4. The molecule has 3 N–H and O–H groups in total. The summed E-state index contributed by atoms with van der Waals surface area (Å²) in [5.41, 5.74) is 5.80. The van der Waals surface area contributed by atoms with E-state index in [0.717, 1.165) is 0 Å². The zero-order valence-electron chi connectivity index (χ0n) is 11.9. The zero-order valence-corrected chi connectivity index (χ0v) is 12.7. The van der Waals surface area contributed by atoms with Crippen LogP contribution in [-0.4, -0.2) is 36.8 Å². The maximum atomic E-state index is 12.6. The lowest BCUT2D eigenvalue weighted by atomic mass is 10.1. The molecule has 1 saturated heterocycles. The Morgan fingerprint density at radius 2 is 2.24 bits per heavy atom. The van der Waals surface area contributed by atoms with Gasteiger partial charge in [-0.15, -0.1) is 0 Å². The Morgan fingerprint density at radius 3 is 2.81 bits per heavy atom. The van der Waals surface area contributed by atoms with E-state index in [-0.39, 0.29) is 18.0 Å². The molecule has 1 amide bonds. The first-order valence-corrected chi connectivity index (χ1v) is 8.37. The number of carbonyl (C=O) groups excluding carboxylic acids is 1. The van der Waals surface area contributed by atoms with E-state index in [9.17, 15) is 18.3 Å². The van der Waals surface area contributed by atoms with Crippen LogP contribution in [0.4, 0.5) is 0 Å². The van der Waals surface area contributed by atoms with Gasteiger partial charge in [0.15, 0.2) is 0 Å². The van der Waals surface area contributed by atoms with Crippen molar-refractivity contribution in [2.75, 3.05) is 13.1 Å². The number of rotatable bonds is 5. The molecule has 2 rings (SSSR count). The van der Waals surface area contributed by atoms with Gasteiger partial charge in [-0.05, 0) is 30.5 Å². The lowest BCUT2D eigenvalue weighted by Crippen LogP contribution is -2.31. The Balaban J connectivity index is 2.26. The second-order valence-corrected chi connectivity index (χ2v) is 7.19. The summed E-state index contributed by atoms with van der Waals surface area (Å²) in [6.07, 6.45) is 0.278. The molecule has 1 aliphatic heterocycles. The van der Waals surface area contributed by atoms with Gasteiger partial charge in [0.05, 0.1) is 16.9 Å². The van der Waals surface area contributed by atoms with Crippen LogP contribution in [0.5, 0.6) is 0 Å². The summed E-state index contributed by atoms with van der Waals surface area (Å²) in [6, 6.07) is 6.30. The Kier molecular flexibility index (Phi) is 4.65. The predicted octanol–water partition coefficient (Wildman–Crippen LogP) is 0.626. The highest BCUT2D eigenvalue weighted by molar-refractivity contribution is 7.89. The van der Waals surface area contributed by atoms with Gasteiger partial charge in [-0.2, -0.15) is 4.31 Å². The second kappa shape index (κ2) is 6.13. The number of nitrogens with zero attached hydrogens (tertiary/aromatic N) is 1. The van der Waals surface area contributed by atoms with Gasteiger partial charge in [-0.25, -0.2) is 8.42 Å². The predicted molar refractivity (Wildman–Crippen MR) is 77.8 cm³/mol. The van der Waals surface area contributed by atoms with Crippen molar-refractivity contribution in [3.05, 3.63) is 29.8 Å². The number of amides is 1. The van der Waals surface area contributed by atoms with Gasteiger partial charge in [-0.1, -0.05) is 19.1 Å². The molecule has 7 heteroatoms. The molecule has 2 unspecified atom stereocenters. The first-order valence-electron chi connectivity index (χ1n) is 6.93. The van der Waals surface area contributed by atoms with Gasteiger partial charge in [-0.3, -0.25) is 4.79 Å². The maximum Gasteiger partial charge on any atom is 0.243 e. The normalized spacial score (nSPS) is 21.3. The molecular formula is C14H20N2O4S. The van der Waals surface area contributed by atoms with Gasteiger partial charge < -0.3 is 10.8 Å². The number of hydrogen-bond donors (Lipinski definition) is 2. The molecule has 116 valence electrons. The lowest BCUT2D eigenvalue weighted by Gasteiger charge is -2.17. The fraction of sp³-hybridized carbons (Fsp3) is 0.500. The van der Waals surface area contributed by atoms with Crippen molar-refractivity contribution in [2.45, 2.75) is 30.8 Å². The lowest BCUT2D eigenvalue weighted by molar-refractivity contribution is -0.121. The molecule has 1 fully saturated rings. The van der Waals surface area contributed by atoms with Crippen LogP contribution in [0.15, 0.2) is 29.2 Å². The van der Waals surface area contributed by atoms with Crippen molar-refractivity contribution in [3.63, 3.8) is 0 Å². The number of carbonyl (C=O) groups is 1. The summed E-state index contributed by atoms with van der Waals surface area (Å²) in [7, 11) is -3.65. The van der Waals surface area contributed by atoms with Gasteiger partial charge in [0, 0.05) is 13.1 Å². The third-order valence-electron chi connectivity index (χ3n) is 3.82. The first kappa shape index (κ1) is 15.9. The van der Waals surface area contributed by atoms with Crippen LogP contribution < -0.4 is 5.73 Å². The fourth-order valence-corrected chi connectivity index (χ4v) is 4.00. The Hall–Kier alpha value is -1.44. The van der Waals surface area contributed by atoms with Crippen molar-refractivity contribution in [1.29, 1.82) is 0 Å². The topological polar surface area (TPSA) is 101 Å². The second-order valence-electron chi connectivity index (χ2n) is 5.25. The average Bonchev–Trinajstić information content (AvgIpc) is 2.97. The fourth-order valence-electron chi connectivity index (χ4n) is 2.45. The molecule has 1 aromatic rings. The van der Waals surface area contributed by atoms with E-state index < -0.39 is 28.0 Å². The maximum absolute atomic E-state index is 12.6. The summed E-state index contributed by atoms with van der Waals surface area (Å²) >= 11 is 0. The van der Waals surface area contributed by atoms with Gasteiger partial charge in [0.1, 0.15) is 0 Å². The molecule has 0 aromatic heterocycles. The molecule has 1 aromatic carbocycles. The van der Waals surface area contributed by atoms with E-state index in [1.807, 2.05) is 6.92 Å². The number of aliphatic hydroxyl groups is 1. The van der Waals surface area contributed by atoms with Crippen molar-refractivity contribution in [2.24, 2.45) is 11.7 Å². The van der Waals surface area contributed by atoms with E-state index in [2.05, 4.69) is 0 Å². The molecule has 1 aliphatic rings. The highest BCUT2D eigenvalue weighted by atomic mass is 32.2. The van der Waals surface area contributed by atoms with Crippen LogP contribution in [0, 0.1) is 5.92 Å². The first-order chi connectivity index (χ1) is 9.86. The third kappa shape index (κ3) is 3.25. The minimum absolute atomic E-state index is 0.123. The Labute approximate surface area is 124 Å². The molecule has 0 saturated carbocycles.